The van der Waals surface area contributed by atoms with Crippen LogP contribution in [0.1, 0.15) is 24.8 Å². The second kappa shape index (κ2) is 7.14. The van der Waals surface area contributed by atoms with Crippen LogP contribution in [0.2, 0.25) is 0 Å². The van der Waals surface area contributed by atoms with E-state index in [1.54, 1.807) is 0 Å². The van der Waals surface area contributed by atoms with Crippen molar-refractivity contribution in [3.63, 3.8) is 0 Å². The SMILES string of the molecule is BrCC(Cc1ccccc1)OC1CCCCO1. The van der Waals surface area contributed by atoms with E-state index in [-0.39, 0.29) is 12.4 Å². The smallest absolute Gasteiger partial charge is 0.158 e. The Kier molecular flexibility index (Phi) is 5.49. The van der Waals surface area contributed by atoms with E-state index in [1.807, 2.05) is 6.07 Å². The Bertz CT molecular complexity index is 309. The highest BCUT2D eigenvalue weighted by atomic mass is 79.9. The highest BCUT2D eigenvalue weighted by molar-refractivity contribution is 9.09. The van der Waals surface area contributed by atoms with Gasteiger partial charge < -0.3 is 9.47 Å². The van der Waals surface area contributed by atoms with Crippen molar-refractivity contribution in [1.82, 2.24) is 0 Å². The van der Waals surface area contributed by atoms with Crippen LogP contribution in [0, 0.1) is 0 Å². The Hall–Kier alpha value is -0.380. The van der Waals surface area contributed by atoms with Gasteiger partial charge >= 0.3 is 0 Å². The van der Waals surface area contributed by atoms with E-state index in [2.05, 4.69) is 40.2 Å². The predicted molar refractivity (Wildman–Crippen MR) is 72.4 cm³/mol. The zero-order chi connectivity index (χ0) is 11.9. The van der Waals surface area contributed by atoms with Gasteiger partial charge in [0.25, 0.3) is 0 Å². The molecule has 0 saturated carbocycles. The van der Waals surface area contributed by atoms with E-state index in [0.717, 1.165) is 31.2 Å². The maximum absolute atomic E-state index is 5.98. The Balaban J connectivity index is 1.83. The van der Waals surface area contributed by atoms with Crippen LogP contribution in [0.3, 0.4) is 0 Å². The van der Waals surface area contributed by atoms with Crippen LogP contribution in [-0.4, -0.2) is 24.3 Å². The fourth-order valence-electron chi connectivity index (χ4n) is 2.05. The van der Waals surface area contributed by atoms with E-state index in [4.69, 9.17) is 9.47 Å². The zero-order valence-electron chi connectivity index (χ0n) is 9.98. The minimum absolute atomic E-state index is 0.00462. The van der Waals surface area contributed by atoms with Crippen LogP contribution in [0.15, 0.2) is 30.3 Å². The largest absolute Gasteiger partial charge is 0.353 e. The lowest BCUT2D eigenvalue weighted by Gasteiger charge is -2.27. The predicted octanol–water partition coefficient (Wildman–Crippen LogP) is 3.54. The van der Waals surface area contributed by atoms with Crippen molar-refractivity contribution in [2.24, 2.45) is 0 Å². The summed E-state index contributed by atoms with van der Waals surface area (Å²) in [4.78, 5) is 0. The van der Waals surface area contributed by atoms with Gasteiger partial charge in [0.2, 0.25) is 0 Å². The van der Waals surface area contributed by atoms with E-state index in [9.17, 15) is 0 Å². The van der Waals surface area contributed by atoms with Crippen molar-refractivity contribution in [2.75, 3.05) is 11.9 Å². The molecule has 1 saturated heterocycles. The molecule has 1 aromatic rings. The molecular weight excluding hydrogens is 280 g/mol. The summed E-state index contributed by atoms with van der Waals surface area (Å²) in [6, 6.07) is 10.5. The summed E-state index contributed by atoms with van der Waals surface area (Å²) in [7, 11) is 0. The first-order valence-corrected chi connectivity index (χ1v) is 7.37. The third kappa shape index (κ3) is 4.41. The van der Waals surface area contributed by atoms with Crippen molar-refractivity contribution in [1.29, 1.82) is 0 Å². The molecule has 0 aliphatic carbocycles. The first kappa shape index (κ1) is 13.1. The molecule has 2 unspecified atom stereocenters. The summed E-state index contributed by atoms with van der Waals surface area (Å²) in [6.07, 6.45) is 4.53. The summed E-state index contributed by atoms with van der Waals surface area (Å²) in [6.45, 7) is 0.838. The molecule has 17 heavy (non-hydrogen) atoms. The van der Waals surface area contributed by atoms with E-state index in [1.165, 1.54) is 12.0 Å². The summed E-state index contributed by atoms with van der Waals surface area (Å²) in [5.74, 6) is 0. The summed E-state index contributed by atoms with van der Waals surface area (Å²) in [5.41, 5.74) is 1.31. The second-order valence-electron chi connectivity index (χ2n) is 4.40. The Labute approximate surface area is 111 Å². The lowest BCUT2D eigenvalue weighted by molar-refractivity contribution is -0.182. The van der Waals surface area contributed by atoms with E-state index >= 15 is 0 Å². The Morgan fingerprint density at radius 1 is 1.29 bits per heavy atom. The van der Waals surface area contributed by atoms with Crippen molar-refractivity contribution in [2.45, 2.75) is 38.1 Å². The van der Waals surface area contributed by atoms with Crippen molar-refractivity contribution in [3.05, 3.63) is 35.9 Å². The molecule has 1 aromatic carbocycles. The molecule has 0 bridgehead atoms. The average molecular weight is 299 g/mol. The minimum Gasteiger partial charge on any atom is -0.353 e. The summed E-state index contributed by atoms with van der Waals surface area (Å²) < 4.78 is 11.6. The molecule has 1 fully saturated rings. The monoisotopic (exact) mass is 298 g/mol. The van der Waals surface area contributed by atoms with Crippen molar-refractivity contribution in [3.8, 4) is 0 Å². The molecule has 2 atom stereocenters. The van der Waals surface area contributed by atoms with Crippen LogP contribution in [0.4, 0.5) is 0 Å². The molecular formula is C14H19BrO2. The normalized spacial score (nSPS) is 22.3. The lowest BCUT2D eigenvalue weighted by Crippen LogP contribution is -2.30. The summed E-state index contributed by atoms with van der Waals surface area (Å²) >= 11 is 3.52. The van der Waals surface area contributed by atoms with Gasteiger partial charge in [0.05, 0.1) is 6.10 Å². The summed E-state index contributed by atoms with van der Waals surface area (Å²) in [5, 5.41) is 0.849. The molecule has 2 nitrogen and oxygen atoms in total. The standard InChI is InChI=1S/C14H19BrO2/c15-11-13(10-12-6-2-1-3-7-12)17-14-8-4-5-9-16-14/h1-3,6-7,13-14H,4-5,8-11H2. The number of alkyl halides is 1. The zero-order valence-corrected chi connectivity index (χ0v) is 11.6. The number of halogens is 1. The van der Waals surface area contributed by atoms with Crippen LogP contribution < -0.4 is 0 Å². The molecule has 0 spiro atoms. The fraction of sp³-hybridized carbons (Fsp3) is 0.571. The van der Waals surface area contributed by atoms with Gasteiger partial charge in [-0.05, 0) is 31.2 Å². The van der Waals surface area contributed by atoms with Gasteiger partial charge in [0, 0.05) is 11.9 Å². The number of ether oxygens (including phenoxy) is 2. The molecule has 94 valence electrons. The van der Waals surface area contributed by atoms with Gasteiger partial charge in [-0.3, -0.25) is 0 Å². The molecule has 2 rings (SSSR count). The molecule has 0 radical (unpaired) electrons. The molecule has 1 heterocycles. The molecule has 1 aliphatic heterocycles. The number of benzene rings is 1. The maximum atomic E-state index is 5.98. The fourth-order valence-corrected chi connectivity index (χ4v) is 2.43. The maximum Gasteiger partial charge on any atom is 0.158 e. The average Bonchev–Trinajstić information content (AvgIpc) is 2.40. The molecule has 0 amide bonds. The molecule has 3 heteroatoms. The van der Waals surface area contributed by atoms with Gasteiger partial charge in [0.1, 0.15) is 0 Å². The van der Waals surface area contributed by atoms with Crippen molar-refractivity contribution >= 4 is 15.9 Å². The Morgan fingerprint density at radius 3 is 2.76 bits per heavy atom. The number of hydrogen-bond donors (Lipinski definition) is 0. The van der Waals surface area contributed by atoms with Gasteiger partial charge in [0.15, 0.2) is 6.29 Å². The van der Waals surface area contributed by atoms with Gasteiger partial charge in [-0.25, -0.2) is 0 Å². The highest BCUT2D eigenvalue weighted by Crippen LogP contribution is 2.18. The van der Waals surface area contributed by atoms with Crippen LogP contribution >= 0.6 is 15.9 Å². The third-order valence-corrected chi connectivity index (χ3v) is 3.68. The van der Waals surface area contributed by atoms with Crippen LogP contribution in [0.25, 0.3) is 0 Å². The molecule has 0 aromatic heterocycles. The number of hydrogen-bond acceptors (Lipinski definition) is 2. The van der Waals surface area contributed by atoms with Crippen LogP contribution in [-0.2, 0) is 15.9 Å². The van der Waals surface area contributed by atoms with E-state index < -0.39 is 0 Å². The number of rotatable bonds is 5. The van der Waals surface area contributed by atoms with Gasteiger partial charge in [-0.2, -0.15) is 0 Å². The Morgan fingerprint density at radius 2 is 2.12 bits per heavy atom. The third-order valence-electron chi connectivity index (χ3n) is 2.96. The minimum atomic E-state index is -0.00462. The van der Waals surface area contributed by atoms with E-state index in [0.29, 0.717) is 0 Å². The second-order valence-corrected chi connectivity index (χ2v) is 5.05. The first-order chi connectivity index (χ1) is 8.38. The molecule has 0 N–H and O–H groups in total. The van der Waals surface area contributed by atoms with Crippen LogP contribution in [0.5, 0.6) is 0 Å². The molecule has 1 aliphatic rings. The first-order valence-electron chi connectivity index (χ1n) is 6.25. The van der Waals surface area contributed by atoms with Gasteiger partial charge in [-0.15, -0.1) is 0 Å². The highest BCUT2D eigenvalue weighted by Gasteiger charge is 2.19. The van der Waals surface area contributed by atoms with Crippen molar-refractivity contribution < 1.29 is 9.47 Å². The topological polar surface area (TPSA) is 18.5 Å². The van der Waals surface area contributed by atoms with Gasteiger partial charge in [-0.1, -0.05) is 46.3 Å². The quantitative estimate of drug-likeness (QED) is 0.774. The lowest BCUT2D eigenvalue weighted by atomic mass is 10.1.